The Morgan fingerprint density at radius 2 is 1.68 bits per heavy atom. The van der Waals surface area contributed by atoms with E-state index in [9.17, 15) is 35.1 Å². The number of hydrogen-bond acceptors (Lipinski definition) is 9. The van der Waals surface area contributed by atoms with E-state index in [1.807, 2.05) is 0 Å². The van der Waals surface area contributed by atoms with Crippen molar-refractivity contribution >= 4 is 23.0 Å². The smallest absolute Gasteiger partial charge is 0.334 e. The zero-order valence-electron chi connectivity index (χ0n) is 12.5. The van der Waals surface area contributed by atoms with E-state index in [1.54, 1.807) is 0 Å². The second-order valence-corrected chi connectivity index (χ2v) is 4.69. The zero-order valence-corrected chi connectivity index (χ0v) is 12.5. The minimum Gasteiger partial charge on any atom is -0.410 e. The zero-order chi connectivity index (χ0) is 18.7. The summed E-state index contributed by atoms with van der Waals surface area (Å²) in [5, 5.41) is 33.0. The third-order valence-corrected chi connectivity index (χ3v) is 3.15. The first-order valence-corrected chi connectivity index (χ1v) is 6.52. The first-order valence-electron chi connectivity index (χ1n) is 6.52. The van der Waals surface area contributed by atoms with Crippen molar-refractivity contribution in [3.05, 3.63) is 61.2 Å². The Morgan fingerprint density at radius 1 is 1.12 bits per heavy atom. The Hall–Kier alpha value is -3.90. The van der Waals surface area contributed by atoms with E-state index >= 15 is 0 Å². The predicted molar refractivity (Wildman–Crippen MR) is 79.0 cm³/mol. The molecule has 0 radical (unpaired) electrons. The quantitative estimate of drug-likeness (QED) is 0.325. The van der Waals surface area contributed by atoms with E-state index in [-0.39, 0.29) is 0 Å². The molecule has 1 heterocycles. The molecule has 0 N–H and O–H groups in total. The van der Waals surface area contributed by atoms with Gasteiger partial charge >= 0.3 is 17.3 Å². The summed E-state index contributed by atoms with van der Waals surface area (Å²) in [6.45, 7) is 1.38. The van der Waals surface area contributed by atoms with E-state index < -0.39 is 49.6 Å². The summed E-state index contributed by atoms with van der Waals surface area (Å²) in [6, 6.07) is -0.0217. The number of nitrogens with zero attached hydrogens (tertiary/aromatic N) is 5. The summed E-state index contributed by atoms with van der Waals surface area (Å²) in [4.78, 5) is 45.6. The normalized spacial score (nSPS) is 11.6. The summed E-state index contributed by atoms with van der Waals surface area (Å²) in [5.41, 5.74) is -3.00. The first-order chi connectivity index (χ1) is 11.7. The van der Waals surface area contributed by atoms with Crippen molar-refractivity contribution in [1.29, 1.82) is 0 Å². The maximum atomic E-state index is 12.1. The number of esters is 1. The molecular formula is C12H9N5O8. The lowest BCUT2D eigenvalue weighted by Gasteiger charge is -2.12. The molecule has 0 saturated carbocycles. The summed E-state index contributed by atoms with van der Waals surface area (Å²) >= 11 is 0. The first kappa shape index (κ1) is 17.5. The number of aromatic nitrogens is 2. The van der Waals surface area contributed by atoms with Crippen LogP contribution in [0.4, 0.5) is 17.1 Å². The van der Waals surface area contributed by atoms with Crippen molar-refractivity contribution in [2.75, 3.05) is 0 Å². The number of ether oxygens (including phenoxy) is 1. The number of carbonyl (C=O) groups is 1. The van der Waals surface area contributed by atoms with Gasteiger partial charge < -0.3 is 9.30 Å². The van der Waals surface area contributed by atoms with Crippen LogP contribution < -0.4 is 4.74 Å². The molecule has 13 heteroatoms. The Labute approximate surface area is 137 Å². The van der Waals surface area contributed by atoms with E-state index in [2.05, 4.69) is 4.98 Å². The minimum atomic E-state index is -1.11. The van der Waals surface area contributed by atoms with Gasteiger partial charge in [0.2, 0.25) is 0 Å². The summed E-state index contributed by atoms with van der Waals surface area (Å²) in [5.74, 6) is -2.02. The van der Waals surface area contributed by atoms with Crippen molar-refractivity contribution in [1.82, 2.24) is 9.55 Å². The van der Waals surface area contributed by atoms with Gasteiger partial charge in [-0.1, -0.05) is 0 Å². The van der Waals surface area contributed by atoms with Crippen molar-refractivity contribution in [3.8, 4) is 5.75 Å². The van der Waals surface area contributed by atoms with Crippen molar-refractivity contribution in [2.45, 2.75) is 13.0 Å². The summed E-state index contributed by atoms with van der Waals surface area (Å²) in [6.07, 6.45) is 4.08. The van der Waals surface area contributed by atoms with Crippen LogP contribution in [0.1, 0.15) is 13.0 Å². The van der Waals surface area contributed by atoms with Gasteiger partial charge in [0.05, 0.1) is 33.2 Å². The fraction of sp³-hybridized carbons (Fsp3) is 0.167. The lowest BCUT2D eigenvalue weighted by atomic mass is 10.2. The third kappa shape index (κ3) is 3.54. The van der Waals surface area contributed by atoms with Gasteiger partial charge in [-0.2, -0.15) is 0 Å². The number of imidazole rings is 1. The molecule has 13 nitrogen and oxygen atoms in total. The van der Waals surface area contributed by atoms with Crippen LogP contribution in [0.5, 0.6) is 5.75 Å². The number of benzene rings is 1. The molecule has 2 aromatic rings. The standard InChI is InChI=1S/C12H9N5O8/c1-7(14-3-2-13-6-14)12(18)25-11-9(16(21)22)4-8(15(19)20)5-10(11)17(23)24/h2-7H,1H3. The number of nitro benzene ring substituents is 3. The SMILES string of the molecule is CC(C(=O)Oc1c([N+](=O)[O-])cc([N+](=O)[O-])cc1[N+](=O)[O-])n1ccnc1. The van der Waals surface area contributed by atoms with E-state index in [1.165, 1.54) is 30.2 Å². The molecule has 0 fully saturated rings. The highest BCUT2D eigenvalue weighted by Crippen LogP contribution is 2.40. The van der Waals surface area contributed by atoms with Gasteiger partial charge in [0.1, 0.15) is 6.04 Å². The fourth-order valence-electron chi connectivity index (χ4n) is 1.87. The third-order valence-electron chi connectivity index (χ3n) is 3.15. The molecule has 0 aliphatic carbocycles. The van der Waals surface area contributed by atoms with Gasteiger partial charge in [0, 0.05) is 12.4 Å². The maximum Gasteiger partial charge on any atom is 0.334 e. The predicted octanol–water partition coefficient (Wildman–Crippen LogP) is 1.77. The largest absolute Gasteiger partial charge is 0.410 e. The lowest BCUT2D eigenvalue weighted by molar-refractivity contribution is -0.404. The molecule has 0 saturated heterocycles. The Bertz CT molecular complexity index is 827. The molecular weight excluding hydrogens is 342 g/mol. The average Bonchev–Trinajstić information content (AvgIpc) is 3.07. The number of hydrogen-bond donors (Lipinski definition) is 0. The van der Waals surface area contributed by atoms with Crippen LogP contribution in [0.3, 0.4) is 0 Å². The molecule has 0 aliphatic rings. The topological polar surface area (TPSA) is 174 Å². The van der Waals surface area contributed by atoms with Crippen molar-refractivity contribution in [2.24, 2.45) is 0 Å². The van der Waals surface area contributed by atoms with Gasteiger partial charge in [-0.05, 0) is 6.92 Å². The molecule has 130 valence electrons. The number of nitro groups is 3. The monoisotopic (exact) mass is 351 g/mol. The molecule has 0 spiro atoms. The van der Waals surface area contributed by atoms with E-state index in [4.69, 9.17) is 4.74 Å². The molecule has 0 aliphatic heterocycles. The van der Waals surface area contributed by atoms with Crippen LogP contribution in [-0.4, -0.2) is 30.3 Å². The Kier molecular flexibility index (Phi) is 4.67. The van der Waals surface area contributed by atoms with Crippen molar-refractivity contribution in [3.63, 3.8) is 0 Å². The van der Waals surface area contributed by atoms with E-state index in [0.29, 0.717) is 12.1 Å². The number of non-ortho nitro benzene ring substituents is 1. The van der Waals surface area contributed by atoms with Gasteiger partial charge in [0.25, 0.3) is 11.4 Å². The molecule has 1 atom stereocenters. The molecule has 0 bridgehead atoms. The molecule has 2 rings (SSSR count). The molecule has 0 amide bonds. The fourth-order valence-corrected chi connectivity index (χ4v) is 1.87. The lowest BCUT2D eigenvalue weighted by Crippen LogP contribution is -2.21. The summed E-state index contributed by atoms with van der Waals surface area (Å²) < 4.78 is 6.14. The molecule has 1 unspecified atom stereocenters. The van der Waals surface area contributed by atoms with Crippen LogP contribution in [-0.2, 0) is 4.79 Å². The van der Waals surface area contributed by atoms with Crippen LogP contribution in [0.2, 0.25) is 0 Å². The number of carbonyl (C=O) groups excluding carboxylic acids is 1. The van der Waals surface area contributed by atoms with Crippen LogP contribution in [0, 0.1) is 30.3 Å². The van der Waals surface area contributed by atoms with Gasteiger partial charge in [-0.25, -0.2) is 9.78 Å². The summed E-state index contributed by atoms with van der Waals surface area (Å²) in [7, 11) is 0. The average molecular weight is 351 g/mol. The van der Waals surface area contributed by atoms with Gasteiger partial charge in [0.15, 0.2) is 0 Å². The van der Waals surface area contributed by atoms with Crippen LogP contribution in [0.15, 0.2) is 30.9 Å². The van der Waals surface area contributed by atoms with E-state index in [0.717, 1.165) is 0 Å². The molecule has 1 aromatic heterocycles. The molecule has 1 aromatic carbocycles. The Balaban J connectivity index is 2.51. The van der Waals surface area contributed by atoms with Crippen LogP contribution in [0.25, 0.3) is 0 Å². The highest BCUT2D eigenvalue weighted by Gasteiger charge is 2.34. The van der Waals surface area contributed by atoms with Crippen molar-refractivity contribution < 1.29 is 24.3 Å². The maximum absolute atomic E-state index is 12.1. The van der Waals surface area contributed by atoms with Crippen LogP contribution >= 0.6 is 0 Å². The Morgan fingerprint density at radius 3 is 2.08 bits per heavy atom. The highest BCUT2D eigenvalue weighted by atomic mass is 16.6. The highest BCUT2D eigenvalue weighted by molar-refractivity contribution is 5.80. The van der Waals surface area contributed by atoms with Gasteiger partial charge in [-0.15, -0.1) is 0 Å². The second kappa shape index (κ2) is 6.69. The number of rotatable bonds is 6. The molecule has 25 heavy (non-hydrogen) atoms. The second-order valence-electron chi connectivity index (χ2n) is 4.69. The minimum absolute atomic E-state index is 0.484. The van der Waals surface area contributed by atoms with Gasteiger partial charge in [-0.3, -0.25) is 30.3 Å².